The monoisotopic (exact) mass is 555 g/mol. The Morgan fingerprint density at radius 3 is 2.16 bits per heavy atom. The van der Waals surface area contributed by atoms with Crippen LogP contribution in [0.5, 0.6) is 0 Å². The van der Waals surface area contributed by atoms with Gasteiger partial charge < -0.3 is 5.32 Å². The van der Waals surface area contributed by atoms with Crippen molar-refractivity contribution in [2.45, 2.75) is 16.7 Å². The SMILES string of the molecule is Cc1ccnc(NS(=O)(=O)c2ccc(NC(=O)CN(c3ccc(F)cc3)S(=O)(=O)c3ccccc3)cc2)n1. The first-order chi connectivity index (χ1) is 18.0. The summed E-state index contributed by atoms with van der Waals surface area (Å²) < 4.78 is 68.5. The molecule has 0 fully saturated rings. The third-order valence-corrected chi connectivity index (χ3v) is 8.33. The molecule has 0 aliphatic heterocycles. The molecule has 1 aromatic heterocycles. The van der Waals surface area contributed by atoms with E-state index in [2.05, 4.69) is 20.0 Å². The van der Waals surface area contributed by atoms with Crippen LogP contribution >= 0.6 is 0 Å². The maximum atomic E-state index is 13.5. The number of aromatic nitrogens is 2. The lowest BCUT2D eigenvalue weighted by Gasteiger charge is -2.24. The lowest BCUT2D eigenvalue weighted by Crippen LogP contribution is -2.38. The first-order valence-electron chi connectivity index (χ1n) is 11.1. The van der Waals surface area contributed by atoms with Crippen LogP contribution < -0.4 is 14.3 Å². The molecule has 38 heavy (non-hydrogen) atoms. The number of hydrogen-bond acceptors (Lipinski definition) is 7. The molecule has 0 radical (unpaired) electrons. The molecule has 1 amide bonds. The van der Waals surface area contributed by atoms with Crippen LogP contribution in [0.4, 0.5) is 21.7 Å². The number of nitrogens with zero attached hydrogens (tertiary/aromatic N) is 3. The van der Waals surface area contributed by atoms with E-state index in [1.54, 1.807) is 31.2 Å². The van der Waals surface area contributed by atoms with E-state index < -0.39 is 38.3 Å². The Kier molecular flexibility index (Phi) is 7.69. The summed E-state index contributed by atoms with van der Waals surface area (Å²) in [5.41, 5.74) is 0.910. The van der Waals surface area contributed by atoms with Gasteiger partial charge in [-0.15, -0.1) is 0 Å². The molecular formula is C25H22FN5O5S2. The highest BCUT2D eigenvalue weighted by Crippen LogP contribution is 2.24. The molecule has 0 atom stereocenters. The topological polar surface area (TPSA) is 138 Å². The second-order valence-electron chi connectivity index (χ2n) is 8.00. The minimum Gasteiger partial charge on any atom is -0.325 e. The molecule has 1 heterocycles. The van der Waals surface area contributed by atoms with E-state index in [0.29, 0.717) is 5.69 Å². The van der Waals surface area contributed by atoms with Gasteiger partial charge in [-0.25, -0.2) is 35.9 Å². The van der Waals surface area contributed by atoms with E-state index >= 15 is 0 Å². The summed E-state index contributed by atoms with van der Waals surface area (Å²) in [4.78, 5) is 20.6. The Balaban J connectivity index is 1.52. The van der Waals surface area contributed by atoms with Crippen molar-refractivity contribution in [2.75, 3.05) is 20.9 Å². The number of sulfonamides is 2. The zero-order valence-corrected chi connectivity index (χ0v) is 21.6. The Hall–Kier alpha value is -4.36. The molecule has 0 unspecified atom stereocenters. The maximum Gasteiger partial charge on any atom is 0.264 e. The predicted molar refractivity (Wildman–Crippen MR) is 140 cm³/mol. The molecule has 0 aliphatic rings. The molecule has 0 bridgehead atoms. The highest BCUT2D eigenvalue weighted by Gasteiger charge is 2.27. The number of aryl methyl sites for hydroxylation is 1. The number of halogens is 1. The van der Waals surface area contributed by atoms with Gasteiger partial charge in [0.25, 0.3) is 20.0 Å². The fraction of sp³-hybridized carbons (Fsp3) is 0.0800. The normalized spacial score (nSPS) is 11.5. The molecule has 10 nitrogen and oxygen atoms in total. The molecule has 2 N–H and O–H groups in total. The Morgan fingerprint density at radius 2 is 1.53 bits per heavy atom. The number of carbonyl (C=O) groups is 1. The van der Waals surface area contributed by atoms with Crippen molar-refractivity contribution in [2.24, 2.45) is 0 Å². The van der Waals surface area contributed by atoms with Crippen LogP contribution in [0.25, 0.3) is 0 Å². The molecule has 4 rings (SSSR count). The molecule has 0 spiro atoms. The number of hydrogen-bond donors (Lipinski definition) is 2. The fourth-order valence-corrected chi connectivity index (χ4v) is 5.76. The molecule has 0 saturated heterocycles. The molecule has 13 heteroatoms. The van der Waals surface area contributed by atoms with Gasteiger partial charge in [-0.1, -0.05) is 18.2 Å². The summed E-state index contributed by atoms with van der Waals surface area (Å²) in [7, 11) is -8.15. The molecule has 0 saturated carbocycles. The molecule has 0 aliphatic carbocycles. The zero-order chi connectivity index (χ0) is 27.3. The highest BCUT2D eigenvalue weighted by atomic mass is 32.2. The number of rotatable bonds is 9. The summed E-state index contributed by atoms with van der Waals surface area (Å²) in [5, 5.41) is 2.55. The largest absolute Gasteiger partial charge is 0.325 e. The van der Waals surface area contributed by atoms with E-state index in [4.69, 9.17) is 0 Å². The zero-order valence-electron chi connectivity index (χ0n) is 19.9. The van der Waals surface area contributed by atoms with Crippen molar-refractivity contribution < 1.29 is 26.0 Å². The number of nitrogens with one attached hydrogen (secondary N) is 2. The number of benzene rings is 3. The minimum atomic E-state index is -4.16. The Bertz CT molecular complexity index is 1650. The fourth-order valence-electron chi connectivity index (χ4n) is 3.37. The Labute approximate surface area is 219 Å². The standard InChI is InChI=1S/C25H22FN5O5S2/c1-18-15-16-27-25(28-18)30-37(33,34)22-13-9-20(10-14-22)29-24(32)17-31(21-11-7-19(26)8-12-21)38(35,36)23-5-3-2-4-6-23/h2-16H,17H2,1H3,(H,29,32)(H,27,28,30). The first-order valence-corrected chi connectivity index (χ1v) is 14.0. The summed E-state index contributed by atoms with van der Waals surface area (Å²) in [6, 6.07) is 19.1. The van der Waals surface area contributed by atoms with Gasteiger partial charge in [-0.3, -0.25) is 9.10 Å². The van der Waals surface area contributed by atoms with Crippen LogP contribution in [0.2, 0.25) is 0 Å². The molecular weight excluding hydrogens is 533 g/mol. The minimum absolute atomic E-state index is 0.0447. The lowest BCUT2D eigenvalue weighted by molar-refractivity contribution is -0.114. The van der Waals surface area contributed by atoms with Gasteiger partial charge in [-0.05, 0) is 73.7 Å². The molecule has 4 aromatic rings. The van der Waals surface area contributed by atoms with E-state index in [0.717, 1.165) is 16.4 Å². The van der Waals surface area contributed by atoms with Crippen molar-refractivity contribution in [1.82, 2.24) is 9.97 Å². The van der Waals surface area contributed by atoms with E-state index in [9.17, 15) is 26.0 Å². The van der Waals surface area contributed by atoms with E-state index in [1.165, 1.54) is 54.7 Å². The summed E-state index contributed by atoms with van der Waals surface area (Å²) in [6.07, 6.45) is 1.42. The van der Waals surface area contributed by atoms with E-state index in [1.807, 2.05) is 0 Å². The summed E-state index contributed by atoms with van der Waals surface area (Å²) in [5.74, 6) is -1.34. The van der Waals surface area contributed by atoms with Gasteiger partial charge in [0, 0.05) is 17.6 Å². The van der Waals surface area contributed by atoms with E-state index in [-0.39, 0.29) is 27.1 Å². The highest BCUT2D eigenvalue weighted by molar-refractivity contribution is 7.93. The van der Waals surface area contributed by atoms with Crippen molar-refractivity contribution >= 4 is 43.3 Å². The van der Waals surface area contributed by atoms with Gasteiger partial charge >= 0.3 is 0 Å². The van der Waals surface area contributed by atoms with Crippen LogP contribution in [0.1, 0.15) is 5.69 Å². The maximum absolute atomic E-state index is 13.5. The van der Waals surface area contributed by atoms with Gasteiger partial charge in [0.2, 0.25) is 11.9 Å². The Morgan fingerprint density at radius 1 is 0.868 bits per heavy atom. The van der Waals surface area contributed by atoms with Gasteiger partial charge in [0.15, 0.2) is 0 Å². The third kappa shape index (κ3) is 6.30. The summed E-state index contributed by atoms with van der Waals surface area (Å²) >= 11 is 0. The van der Waals surface area contributed by atoms with Gasteiger partial charge in [0.05, 0.1) is 15.5 Å². The number of amides is 1. The molecule has 3 aromatic carbocycles. The molecule has 196 valence electrons. The van der Waals surface area contributed by atoms with Crippen LogP contribution in [0.15, 0.2) is 101 Å². The third-order valence-electron chi connectivity index (χ3n) is 5.20. The van der Waals surface area contributed by atoms with Crippen LogP contribution in [0, 0.1) is 12.7 Å². The number of anilines is 3. The van der Waals surface area contributed by atoms with Crippen molar-refractivity contribution in [1.29, 1.82) is 0 Å². The van der Waals surface area contributed by atoms with Gasteiger partial charge in [-0.2, -0.15) is 0 Å². The second-order valence-corrected chi connectivity index (χ2v) is 11.5. The van der Waals surface area contributed by atoms with Crippen molar-refractivity contribution in [3.05, 3.63) is 103 Å². The average Bonchev–Trinajstić information content (AvgIpc) is 2.88. The van der Waals surface area contributed by atoms with Gasteiger partial charge in [0.1, 0.15) is 12.4 Å². The van der Waals surface area contributed by atoms with Crippen molar-refractivity contribution in [3.63, 3.8) is 0 Å². The quantitative estimate of drug-likeness (QED) is 0.322. The van der Waals surface area contributed by atoms with Crippen LogP contribution in [0.3, 0.4) is 0 Å². The smallest absolute Gasteiger partial charge is 0.264 e. The summed E-state index contributed by atoms with van der Waals surface area (Å²) in [6.45, 7) is 1.08. The van der Waals surface area contributed by atoms with Crippen LogP contribution in [-0.2, 0) is 24.8 Å². The van der Waals surface area contributed by atoms with Crippen molar-refractivity contribution in [3.8, 4) is 0 Å². The van der Waals surface area contributed by atoms with Crippen LogP contribution in [-0.4, -0.2) is 39.3 Å². The average molecular weight is 556 g/mol. The predicted octanol–water partition coefficient (Wildman–Crippen LogP) is 3.56. The number of carbonyl (C=O) groups excluding carboxylic acids is 1. The second kappa shape index (κ2) is 10.9. The first kappa shape index (κ1) is 26.7. The lowest BCUT2D eigenvalue weighted by atomic mass is 10.3.